The van der Waals surface area contributed by atoms with Crippen molar-refractivity contribution in [1.29, 1.82) is 0 Å². The van der Waals surface area contributed by atoms with E-state index in [-0.39, 0.29) is 5.70 Å². The van der Waals surface area contributed by atoms with Crippen LogP contribution in [0.1, 0.15) is 6.92 Å². The summed E-state index contributed by atoms with van der Waals surface area (Å²) in [4.78, 5) is 34.5. The van der Waals surface area contributed by atoms with Crippen LogP contribution in [0.15, 0.2) is 11.3 Å². The third-order valence-corrected chi connectivity index (χ3v) is 2.90. The van der Waals surface area contributed by atoms with E-state index in [1.807, 2.05) is 5.32 Å². The molecule has 0 aliphatic carbocycles. The van der Waals surface area contributed by atoms with Crippen molar-refractivity contribution in [1.82, 2.24) is 10.6 Å². The van der Waals surface area contributed by atoms with Gasteiger partial charge < -0.3 is 15.4 Å². The zero-order valence-corrected chi connectivity index (χ0v) is 11.1. The van der Waals surface area contributed by atoms with Crippen molar-refractivity contribution in [2.45, 2.75) is 18.6 Å². The summed E-state index contributed by atoms with van der Waals surface area (Å²) in [5, 5.41) is 3.33. The molecule has 0 saturated heterocycles. The van der Waals surface area contributed by atoms with Gasteiger partial charge in [-0.2, -0.15) is 13.2 Å². The van der Waals surface area contributed by atoms with E-state index in [2.05, 4.69) is 4.74 Å². The number of methoxy groups -OCH3 is 1. The van der Waals surface area contributed by atoms with E-state index in [1.54, 1.807) is 0 Å². The van der Waals surface area contributed by atoms with Crippen LogP contribution >= 0.6 is 11.6 Å². The number of ether oxygens (including phenoxy) is 1. The summed E-state index contributed by atoms with van der Waals surface area (Å²) in [6.07, 6.45) is -5.25. The van der Waals surface area contributed by atoms with Gasteiger partial charge in [0, 0.05) is 5.70 Å². The first-order valence-electron chi connectivity index (χ1n) is 5.16. The van der Waals surface area contributed by atoms with Crippen molar-refractivity contribution in [2.75, 3.05) is 13.0 Å². The number of rotatable bonds is 3. The summed E-state index contributed by atoms with van der Waals surface area (Å²) in [6.45, 7) is 1.09. The number of carbonyl (C=O) groups is 3. The Kier molecular flexibility index (Phi) is 4.33. The zero-order valence-electron chi connectivity index (χ0n) is 10.4. The van der Waals surface area contributed by atoms with Gasteiger partial charge in [0.15, 0.2) is 0 Å². The molecular weight excluding hydrogens is 305 g/mol. The number of allylic oxidation sites excluding steroid dienone is 1. The lowest BCUT2D eigenvalue weighted by Crippen LogP contribution is -2.66. The van der Waals surface area contributed by atoms with Gasteiger partial charge in [-0.1, -0.05) is 0 Å². The minimum absolute atomic E-state index is 0.353. The summed E-state index contributed by atoms with van der Waals surface area (Å²) in [7, 11) is 0.857. The van der Waals surface area contributed by atoms with Crippen molar-refractivity contribution in [3.8, 4) is 0 Å². The molecule has 112 valence electrons. The van der Waals surface area contributed by atoms with Crippen LogP contribution in [0, 0.1) is 0 Å². The second-order valence-corrected chi connectivity index (χ2v) is 4.14. The molecule has 0 aromatic carbocycles. The number of nitrogens with one attached hydrogen (secondary N) is 2. The molecule has 10 heteroatoms. The van der Waals surface area contributed by atoms with Crippen molar-refractivity contribution < 1.29 is 32.3 Å². The van der Waals surface area contributed by atoms with Gasteiger partial charge >= 0.3 is 12.1 Å². The summed E-state index contributed by atoms with van der Waals surface area (Å²) in [5.74, 6) is -5.04. The maximum absolute atomic E-state index is 13.3. The van der Waals surface area contributed by atoms with Crippen LogP contribution in [0.3, 0.4) is 0 Å². The fourth-order valence-corrected chi connectivity index (χ4v) is 1.90. The molecule has 0 fully saturated rings. The normalized spacial score (nSPS) is 22.6. The van der Waals surface area contributed by atoms with Gasteiger partial charge in [-0.15, -0.1) is 11.6 Å². The summed E-state index contributed by atoms with van der Waals surface area (Å²) >= 11 is 5.14. The predicted octanol–water partition coefficient (Wildman–Crippen LogP) is 0.219. The number of esters is 1. The second kappa shape index (κ2) is 5.31. The Balaban J connectivity index is 3.51. The molecule has 0 aromatic rings. The van der Waals surface area contributed by atoms with Crippen molar-refractivity contribution in [3.63, 3.8) is 0 Å². The molecule has 1 rings (SSSR count). The smallest absolute Gasteiger partial charge is 0.425 e. The Morgan fingerprint density at radius 1 is 1.45 bits per heavy atom. The average molecular weight is 315 g/mol. The van der Waals surface area contributed by atoms with Gasteiger partial charge in [0.2, 0.25) is 11.4 Å². The van der Waals surface area contributed by atoms with Gasteiger partial charge in [-0.3, -0.25) is 9.59 Å². The van der Waals surface area contributed by atoms with Crippen molar-refractivity contribution in [3.05, 3.63) is 11.3 Å². The Morgan fingerprint density at radius 2 is 2.00 bits per heavy atom. The van der Waals surface area contributed by atoms with Gasteiger partial charge in [0.05, 0.1) is 7.11 Å². The fourth-order valence-electron chi connectivity index (χ4n) is 1.83. The van der Waals surface area contributed by atoms with E-state index >= 15 is 0 Å². The molecule has 0 bridgehead atoms. The third-order valence-electron chi connectivity index (χ3n) is 2.65. The number of amides is 2. The van der Waals surface area contributed by atoms with Gasteiger partial charge in [0.1, 0.15) is 11.5 Å². The van der Waals surface area contributed by atoms with E-state index < -0.39 is 41.0 Å². The second-order valence-electron chi connectivity index (χ2n) is 3.88. The molecule has 0 unspecified atom stereocenters. The first kappa shape index (κ1) is 16.3. The van der Waals surface area contributed by atoms with E-state index in [1.165, 1.54) is 5.32 Å². The van der Waals surface area contributed by atoms with E-state index in [4.69, 9.17) is 11.6 Å². The van der Waals surface area contributed by atoms with Crippen LogP contribution in [0.2, 0.25) is 0 Å². The van der Waals surface area contributed by atoms with Crippen molar-refractivity contribution >= 4 is 29.4 Å². The Hall–Kier alpha value is -1.77. The minimum Gasteiger partial charge on any atom is -0.466 e. The Morgan fingerprint density at radius 3 is 2.40 bits per heavy atom. The molecule has 1 aliphatic rings. The standard InChI is InChI=1S/C10H10ClF3N2O4/c1-4-6(7(18)20-2)9(8(19)15-4,10(12,13)14)16-5(17)3-11/h3H2,1-2H3,(H,15,19)(H,16,17)/t9-/m0/s1. The lowest BCUT2D eigenvalue weighted by Gasteiger charge is -2.31. The van der Waals surface area contributed by atoms with Crippen LogP contribution in [0.4, 0.5) is 13.2 Å². The SMILES string of the molecule is COC(=O)C1=C(C)NC(=O)[C@]1(NC(=O)CCl)C(F)(F)F. The van der Waals surface area contributed by atoms with Crippen molar-refractivity contribution in [2.24, 2.45) is 0 Å². The highest BCUT2D eigenvalue weighted by molar-refractivity contribution is 6.27. The maximum atomic E-state index is 13.3. The lowest BCUT2D eigenvalue weighted by atomic mass is 9.89. The molecule has 0 spiro atoms. The third kappa shape index (κ3) is 2.33. The number of alkyl halides is 4. The number of hydrogen-bond acceptors (Lipinski definition) is 4. The summed E-state index contributed by atoms with van der Waals surface area (Å²) < 4.78 is 44.2. The maximum Gasteiger partial charge on any atom is 0.425 e. The number of halogens is 4. The highest BCUT2D eigenvalue weighted by Gasteiger charge is 2.69. The molecule has 0 saturated carbocycles. The van der Waals surface area contributed by atoms with Crippen LogP contribution in [0.5, 0.6) is 0 Å². The molecule has 1 aliphatic heterocycles. The average Bonchev–Trinajstić information content (AvgIpc) is 2.60. The van der Waals surface area contributed by atoms with Crippen LogP contribution in [-0.2, 0) is 19.1 Å². The highest BCUT2D eigenvalue weighted by Crippen LogP contribution is 2.41. The van der Waals surface area contributed by atoms with Gasteiger partial charge in [0.25, 0.3) is 5.91 Å². The van der Waals surface area contributed by atoms with Gasteiger partial charge in [-0.05, 0) is 6.92 Å². The predicted molar refractivity (Wildman–Crippen MR) is 60.5 cm³/mol. The lowest BCUT2D eigenvalue weighted by molar-refractivity contribution is -0.192. The molecule has 1 atom stereocenters. The molecular formula is C10H10ClF3N2O4. The molecule has 0 radical (unpaired) electrons. The van der Waals surface area contributed by atoms with Gasteiger partial charge in [-0.25, -0.2) is 4.79 Å². The Labute approximate surface area is 116 Å². The molecule has 6 nitrogen and oxygen atoms in total. The molecule has 2 amide bonds. The first-order chi connectivity index (χ1) is 9.11. The summed E-state index contributed by atoms with van der Waals surface area (Å²) in [6, 6.07) is 0. The molecule has 0 aromatic heterocycles. The largest absolute Gasteiger partial charge is 0.466 e. The Bertz CT molecular complexity index is 503. The monoisotopic (exact) mass is 314 g/mol. The molecule has 2 N–H and O–H groups in total. The molecule has 1 heterocycles. The van der Waals surface area contributed by atoms with E-state index in [0.717, 1.165) is 14.0 Å². The minimum atomic E-state index is -5.25. The highest BCUT2D eigenvalue weighted by atomic mass is 35.5. The first-order valence-corrected chi connectivity index (χ1v) is 5.70. The van der Waals surface area contributed by atoms with E-state index in [9.17, 15) is 27.6 Å². The zero-order chi connectivity index (χ0) is 15.7. The van der Waals surface area contributed by atoms with Crippen LogP contribution < -0.4 is 10.6 Å². The quantitative estimate of drug-likeness (QED) is 0.576. The topological polar surface area (TPSA) is 84.5 Å². The fraction of sp³-hybridized carbons (Fsp3) is 0.500. The van der Waals surface area contributed by atoms with Crippen LogP contribution in [-0.4, -0.2) is 42.5 Å². The molecule has 20 heavy (non-hydrogen) atoms. The van der Waals surface area contributed by atoms with E-state index in [0.29, 0.717) is 0 Å². The van der Waals surface area contributed by atoms with Crippen LogP contribution in [0.25, 0.3) is 0 Å². The number of hydrogen-bond donors (Lipinski definition) is 2. The number of carbonyl (C=O) groups excluding carboxylic acids is 3. The summed E-state index contributed by atoms with van der Waals surface area (Å²) in [5.41, 5.74) is -4.87.